The van der Waals surface area contributed by atoms with E-state index in [9.17, 15) is 21.9 Å². The summed E-state index contributed by atoms with van der Waals surface area (Å²) in [4.78, 5) is 39.9. The number of aromatic nitrogens is 12. The summed E-state index contributed by atoms with van der Waals surface area (Å²) in [6.07, 6.45) is 3.99. The molecule has 530 valence electrons. The van der Waals surface area contributed by atoms with Gasteiger partial charge in [0.2, 0.25) is 30.0 Å². The zero-order valence-corrected chi connectivity index (χ0v) is 65.4. The number of thiocarbonyl (C=S) groups is 1. The molecule has 8 N–H and O–H groups in total. The highest BCUT2D eigenvalue weighted by Gasteiger charge is 2.49. The molecule has 0 bridgehead atoms. The smallest absolute Gasteiger partial charge is 0.301 e. The molecule has 9 aromatic rings. The lowest BCUT2D eigenvalue weighted by Gasteiger charge is -2.19. The van der Waals surface area contributed by atoms with Crippen LogP contribution in [0.25, 0.3) is 33.5 Å². The van der Waals surface area contributed by atoms with Crippen molar-refractivity contribution in [2.45, 2.75) is 99.0 Å². The molecule has 2 fully saturated rings. The number of ether oxygens (including phenoxy) is 5. The first-order valence-electron chi connectivity index (χ1n) is 28.4. The number of nitrogens with one attached hydrogen (secondary N) is 3. The number of pyridine rings is 6. The lowest BCUT2D eigenvalue weighted by atomic mass is 10.1. The van der Waals surface area contributed by atoms with E-state index >= 15 is 0 Å². The number of nitrogens with zero attached hydrogens (tertiary/aromatic N) is 11. The van der Waals surface area contributed by atoms with Crippen LogP contribution < -0.4 is 26.8 Å². The van der Waals surface area contributed by atoms with Crippen LogP contribution in [0.5, 0.6) is 6.01 Å². The lowest BCUT2D eigenvalue weighted by molar-refractivity contribution is 0.00336. The van der Waals surface area contributed by atoms with Crippen molar-refractivity contribution in [2.24, 2.45) is 0 Å². The Labute approximate surface area is 632 Å². The van der Waals surface area contributed by atoms with Crippen molar-refractivity contribution in [2.75, 3.05) is 67.3 Å². The molecule has 0 aliphatic carbocycles. The van der Waals surface area contributed by atoms with Crippen LogP contribution in [-0.4, -0.2) is 169 Å². The van der Waals surface area contributed by atoms with E-state index in [0.717, 1.165) is 52.7 Å². The molecule has 0 spiro atoms. The summed E-state index contributed by atoms with van der Waals surface area (Å²) in [5, 5.41) is 19.7. The van der Waals surface area contributed by atoms with Crippen LogP contribution in [0.1, 0.15) is 18.3 Å². The molecule has 0 aromatic carbocycles. The van der Waals surface area contributed by atoms with Gasteiger partial charge in [0.05, 0.1) is 87.7 Å². The molecule has 0 amide bonds. The summed E-state index contributed by atoms with van der Waals surface area (Å²) >= 11 is 76.2. The van der Waals surface area contributed by atoms with Gasteiger partial charge in [0.1, 0.15) is 79.5 Å². The van der Waals surface area contributed by atoms with Crippen molar-refractivity contribution in [3.8, 4) is 6.01 Å². The van der Waals surface area contributed by atoms with Gasteiger partial charge in [-0.25, -0.2) is 51.7 Å². The summed E-state index contributed by atoms with van der Waals surface area (Å²) in [6.45, 7) is 10.6. The Bertz CT molecular complexity index is 4530. The van der Waals surface area contributed by atoms with Gasteiger partial charge >= 0.3 is 6.01 Å². The second-order valence-electron chi connectivity index (χ2n) is 22.4. The topological polar surface area (TPSA) is 352 Å². The molecule has 0 radical (unpaired) electrons. The van der Waals surface area contributed by atoms with Gasteiger partial charge in [-0.3, -0.25) is 9.13 Å². The number of aromatic amines is 1. The van der Waals surface area contributed by atoms with Crippen LogP contribution >= 0.6 is 163 Å². The molecule has 2 saturated heterocycles. The number of aliphatic hydroxyl groups excluding tert-OH is 1. The van der Waals surface area contributed by atoms with E-state index in [2.05, 4.69) is 86.4 Å². The first kappa shape index (κ1) is 79.8. The average Bonchev–Trinajstić information content (AvgIpc) is 1.63. The Morgan fingerprint density at radius 3 is 1.81 bits per heavy atom. The number of anilines is 4. The van der Waals surface area contributed by atoms with Gasteiger partial charge in [-0.15, -0.1) is 11.8 Å². The SMILES string of the molecule is CCOCn1c(S(C)(=O)=O)nc2cc(Cl)c(Cl)nc21.CS(=O)(=O)c1nc2nc(Cl)c(Cl)cc2[nH]1.CSC1Cc2nc(Cl)c(Cl)cc2N1.C[Si](C)(C)CCOCn1c(O[C@@H]2CO[C@H]3[C@@H]2OC[C@H]3O)nc2cc(Cl)c(Cl)nc21.Nc1cc(Cl)c(Cl)nc1N.S=C1Cc2nc(Cl)c(Cl)cc2N1. The van der Waals surface area contributed by atoms with E-state index in [1.54, 1.807) is 35.4 Å². The van der Waals surface area contributed by atoms with Gasteiger partial charge in [0.25, 0.3) is 0 Å². The fourth-order valence-corrected chi connectivity index (χ4v) is 13.6. The van der Waals surface area contributed by atoms with Gasteiger partial charge in [-0.1, -0.05) is 171 Å². The molecule has 13 rings (SSSR count). The minimum atomic E-state index is -3.51. The summed E-state index contributed by atoms with van der Waals surface area (Å²) < 4.78 is 77.5. The number of hydrogen-bond acceptors (Lipinski definition) is 24. The average molecular weight is 1680 g/mol. The fourth-order valence-electron chi connectivity index (χ4n) is 8.93. The van der Waals surface area contributed by atoms with Crippen LogP contribution in [0.2, 0.25) is 86.7 Å². The fraction of sp³-hybridized carbons (Fsp3) is 0.382. The number of rotatable bonds is 13. The molecule has 43 heteroatoms. The molecule has 1 unspecified atom stereocenters. The number of nitrogens with two attached hydrogens (primary N) is 2. The number of imidazole rings is 3. The van der Waals surface area contributed by atoms with E-state index in [1.165, 1.54) is 22.8 Å². The Kier molecular flexibility index (Phi) is 27.8. The second-order valence-corrected chi connectivity index (χ2v) is 38.0. The number of hydrogen-bond donors (Lipinski definition) is 6. The maximum atomic E-state index is 11.7. The first-order chi connectivity index (χ1) is 45.9. The molecule has 98 heavy (non-hydrogen) atoms. The quantitative estimate of drug-likeness (QED) is 0.0270. The van der Waals surface area contributed by atoms with Crippen molar-refractivity contribution < 1.29 is 45.6 Å². The molecule has 5 atom stereocenters. The summed E-state index contributed by atoms with van der Waals surface area (Å²) in [6, 6.07) is 11.0. The van der Waals surface area contributed by atoms with E-state index in [1.807, 2.05) is 6.07 Å². The van der Waals surface area contributed by atoms with Crippen molar-refractivity contribution in [3.05, 3.63) is 109 Å². The number of thioether (sulfide) groups is 1. The summed E-state index contributed by atoms with van der Waals surface area (Å²) in [7, 11) is -8.09. The Morgan fingerprint density at radius 2 is 1.20 bits per heavy atom. The third-order valence-electron chi connectivity index (χ3n) is 13.7. The van der Waals surface area contributed by atoms with Crippen LogP contribution in [-0.2, 0) is 64.9 Å². The highest BCUT2D eigenvalue weighted by Crippen LogP contribution is 2.36. The first-order valence-corrected chi connectivity index (χ1v) is 42.1. The molecule has 4 aliphatic heterocycles. The maximum absolute atomic E-state index is 11.7. The van der Waals surface area contributed by atoms with E-state index in [4.69, 9.17) is 187 Å². The summed E-state index contributed by atoms with van der Waals surface area (Å²) in [5.41, 5.74) is 17.2. The van der Waals surface area contributed by atoms with Crippen molar-refractivity contribution in [3.63, 3.8) is 0 Å². The third kappa shape index (κ3) is 20.7. The Balaban J connectivity index is 0.000000156. The van der Waals surface area contributed by atoms with Crippen molar-refractivity contribution in [1.29, 1.82) is 0 Å². The van der Waals surface area contributed by atoms with Crippen LogP contribution in [0.3, 0.4) is 0 Å². The predicted molar refractivity (Wildman–Crippen MR) is 397 cm³/mol. The Hall–Kier alpha value is -3.85. The van der Waals surface area contributed by atoms with Gasteiger partial charge in [-0.05, 0) is 55.6 Å². The number of aliphatic hydroxyl groups is 1. The van der Waals surface area contributed by atoms with E-state index in [-0.39, 0.29) is 90.8 Å². The monoisotopic (exact) mass is 1680 g/mol. The molecule has 0 saturated carbocycles. The van der Waals surface area contributed by atoms with Gasteiger partial charge < -0.3 is 55.9 Å². The van der Waals surface area contributed by atoms with Crippen molar-refractivity contribution >= 4 is 252 Å². The molecular weight excluding hydrogens is 1630 g/mol. The minimum absolute atomic E-state index is 0.0281. The number of sulfone groups is 2. The number of halogens is 12. The van der Waals surface area contributed by atoms with Crippen LogP contribution in [0, 0.1) is 0 Å². The predicted octanol–water partition coefficient (Wildman–Crippen LogP) is 14.0. The van der Waals surface area contributed by atoms with E-state index < -0.39 is 33.9 Å². The van der Waals surface area contributed by atoms with Gasteiger partial charge in [0, 0.05) is 46.6 Å². The number of fused-ring (bicyclic) bond motifs is 6. The second kappa shape index (κ2) is 34.2. The zero-order valence-electron chi connectivity index (χ0n) is 52.1. The third-order valence-corrected chi connectivity index (χ3v) is 22.4. The van der Waals surface area contributed by atoms with E-state index in [0.29, 0.717) is 102 Å². The highest BCUT2D eigenvalue weighted by molar-refractivity contribution is 7.99. The maximum Gasteiger partial charge on any atom is 0.301 e. The van der Waals surface area contributed by atoms with Gasteiger partial charge in [0.15, 0.2) is 23.0 Å². The molecule has 13 heterocycles. The molecule has 4 aliphatic rings. The minimum Gasteiger partial charge on any atom is -0.456 e. The molecular formula is C55H58Cl12N16O10S4Si. The van der Waals surface area contributed by atoms with Crippen LogP contribution in [0.4, 0.5) is 22.9 Å². The largest absolute Gasteiger partial charge is 0.456 e. The Morgan fingerprint density at radius 1 is 0.663 bits per heavy atom. The zero-order chi connectivity index (χ0) is 72.0. The highest BCUT2D eigenvalue weighted by atomic mass is 35.5. The molecule has 26 nitrogen and oxygen atoms in total. The number of H-pyrrole nitrogens is 1. The standard InChI is InChI=1S/C18H25Cl2N3O5Si.C10H11Cl2N3O3S.C8H8Cl2N2S.C7H5Cl2N3O2S.C7H4Cl2N2S.C5H5Cl2N3/c1-29(2,3)5-4-25-9-23-17-11(6-10(19)16(20)22-17)21-18(23)28-13-8-27-14-12(24)7-26-15(13)14;1-3-18-5-15-9-7(4-6(11)8(12)14-9)13-10(15)19(2,16)17;1-13-7-3-6-5(11-7)2-4(9)8(10)12-6;1-15(13,14)7-10-4-2-3(8)5(9)11-6(4)12-7;8-3-1-4-5(11-7(3)9)2-6(12)10-4;6-2-1-3(8)5(9)10-4(2)7/h6,12-15,24H,4-5,7-9H2,1-3H3;4H,3,5H2,1-2H3;2,7,11H,3H2,1H3;2H,1H3,(H,10,11,12);1H,2H2,(H,10,12);1H,8H2,(H2,9,10)/t12-,13-,14-,15-;;;;;/m1...../s1. The van der Waals surface area contributed by atoms with Gasteiger partial charge in [-0.2, -0.15) is 9.97 Å². The molecule has 9 aromatic heterocycles. The normalized spacial score (nSPS) is 17.6. The van der Waals surface area contributed by atoms with Crippen LogP contribution in [0.15, 0.2) is 46.7 Å². The summed E-state index contributed by atoms with van der Waals surface area (Å²) in [5.74, 6) is 0.203. The number of nitrogen functional groups attached to an aromatic ring is 2. The lowest BCUT2D eigenvalue weighted by Crippen LogP contribution is -2.35. The van der Waals surface area contributed by atoms with Crippen molar-refractivity contribution in [1.82, 2.24) is 59.0 Å².